The monoisotopic (exact) mass is 219 g/mol. The third-order valence-corrected chi connectivity index (χ3v) is 3.14. The molecule has 0 aliphatic carbocycles. The van der Waals surface area contributed by atoms with Crippen LogP contribution in [0.2, 0.25) is 0 Å². The Hall–Kier alpha value is -1.35. The van der Waals surface area contributed by atoms with Crippen molar-refractivity contribution in [1.29, 1.82) is 0 Å². The molecule has 0 spiro atoms. The average molecular weight is 219 g/mol. The number of hydrogen-bond donors (Lipinski definition) is 1. The van der Waals surface area contributed by atoms with Gasteiger partial charge in [0, 0.05) is 11.4 Å². The molecule has 15 heavy (non-hydrogen) atoms. The molecule has 1 aromatic carbocycles. The number of nitrogen functional groups attached to an aromatic ring is 1. The highest BCUT2D eigenvalue weighted by Gasteiger charge is 1.99. The Balaban J connectivity index is 1.86. The van der Waals surface area contributed by atoms with Crippen LogP contribution in [0.5, 0.6) is 0 Å². The van der Waals surface area contributed by atoms with Crippen LogP contribution in [0, 0.1) is 0 Å². The first kappa shape index (κ1) is 10.2. The van der Waals surface area contributed by atoms with Gasteiger partial charge in [0.1, 0.15) is 5.76 Å². The van der Waals surface area contributed by atoms with Crippen molar-refractivity contribution in [2.45, 2.75) is 11.5 Å². The van der Waals surface area contributed by atoms with Gasteiger partial charge in [-0.2, -0.15) is 0 Å². The van der Waals surface area contributed by atoms with Gasteiger partial charge in [-0.15, -0.1) is 11.8 Å². The summed E-state index contributed by atoms with van der Waals surface area (Å²) in [7, 11) is 0. The maximum absolute atomic E-state index is 5.84. The van der Waals surface area contributed by atoms with Crippen molar-refractivity contribution in [3.8, 4) is 0 Å². The van der Waals surface area contributed by atoms with Crippen molar-refractivity contribution in [3.05, 3.63) is 54.0 Å². The van der Waals surface area contributed by atoms with Crippen LogP contribution < -0.4 is 5.73 Å². The Morgan fingerprint density at radius 3 is 2.67 bits per heavy atom. The quantitative estimate of drug-likeness (QED) is 0.802. The van der Waals surface area contributed by atoms with Gasteiger partial charge < -0.3 is 10.2 Å². The van der Waals surface area contributed by atoms with Crippen molar-refractivity contribution in [2.24, 2.45) is 0 Å². The minimum Gasteiger partial charge on any atom is -0.468 e. The first-order valence-electron chi connectivity index (χ1n) is 4.80. The lowest BCUT2D eigenvalue weighted by molar-refractivity contribution is 0.530. The Morgan fingerprint density at radius 1 is 1.07 bits per heavy atom. The van der Waals surface area contributed by atoms with Gasteiger partial charge >= 0.3 is 0 Å². The molecular formula is C12H13NOS. The molecule has 0 aliphatic rings. The normalized spacial score (nSPS) is 10.4. The summed E-state index contributed by atoms with van der Waals surface area (Å²) >= 11 is 1.80. The van der Waals surface area contributed by atoms with Gasteiger partial charge in [0.15, 0.2) is 0 Å². The van der Waals surface area contributed by atoms with Gasteiger partial charge in [-0.25, -0.2) is 0 Å². The number of benzene rings is 1. The Kier molecular flexibility index (Phi) is 3.35. The second-order valence-electron chi connectivity index (χ2n) is 3.27. The van der Waals surface area contributed by atoms with E-state index >= 15 is 0 Å². The molecule has 0 saturated heterocycles. The van der Waals surface area contributed by atoms with Gasteiger partial charge in [-0.1, -0.05) is 18.2 Å². The third-order valence-electron chi connectivity index (χ3n) is 2.14. The molecule has 78 valence electrons. The number of nitrogens with two attached hydrogens (primary N) is 1. The van der Waals surface area contributed by atoms with Gasteiger partial charge in [-0.3, -0.25) is 0 Å². The summed E-state index contributed by atoms with van der Waals surface area (Å²) in [6.45, 7) is 0. The lowest BCUT2D eigenvalue weighted by Gasteiger charge is -2.03. The maximum atomic E-state index is 5.84. The lowest BCUT2D eigenvalue weighted by atomic mass is 10.2. The van der Waals surface area contributed by atoms with Gasteiger partial charge in [-0.05, 0) is 23.8 Å². The topological polar surface area (TPSA) is 39.2 Å². The van der Waals surface area contributed by atoms with E-state index in [0.29, 0.717) is 0 Å². The van der Waals surface area contributed by atoms with E-state index in [1.165, 1.54) is 5.56 Å². The second-order valence-corrected chi connectivity index (χ2v) is 4.26. The molecule has 2 N–H and O–H groups in total. The number of furan rings is 1. The van der Waals surface area contributed by atoms with Crippen LogP contribution in [0.15, 0.2) is 47.1 Å². The standard InChI is InChI=1S/C12H13NOS/c13-12-6-2-1-4-10(12)8-15-9-11-5-3-7-14-11/h1-7H,8-9,13H2. The van der Waals surface area contributed by atoms with Crippen molar-refractivity contribution in [2.75, 3.05) is 5.73 Å². The van der Waals surface area contributed by atoms with Crippen molar-refractivity contribution >= 4 is 17.4 Å². The molecule has 0 saturated carbocycles. The molecule has 0 fully saturated rings. The summed E-state index contributed by atoms with van der Waals surface area (Å²) in [5.74, 6) is 2.82. The van der Waals surface area contributed by atoms with Crippen LogP contribution in [-0.4, -0.2) is 0 Å². The third kappa shape index (κ3) is 2.80. The summed E-state index contributed by atoms with van der Waals surface area (Å²) in [5.41, 5.74) is 7.90. The van der Waals surface area contributed by atoms with E-state index in [-0.39, 0.29) is 0 Å². The molecule has 0 amide bonds. The molecule has 0 radical (unpaired) electrons. The molecule has 0 aliphatic heterocycles. The fraction of sp³-hybridized carbons (Fsp3) is 0.167. The fourth-order valence-corrected chi connectivity index (χ4v) is 2.27. The predicted molar refractivity (Wildman–Crippen MR) is 64.6 cm³/mol. The zero-order valence-corrected chi connectivity index (χ0v) is 9.17. The van der Waals surface area contributed by atoms with E-state index in [1.807, 2.05) is 30.3 Å². The summed E-state index contributed by atoms with van der Waals surface area (Å²) in [4.78, 5) is 0. The van der Waals surface area contributed by atoms with E-state index < -0.39 is 0 Å². The molecule has 0 unspecified atom stereocenters. The molecule has 3 heteroatoms. The second kappa shape index (κ2) is 4.94. The zero-order chi connectivity index (χ0) is 10.5. The Morgan fingerprint density at radius 2 is 1.93 bits per heavy atom. The first-order valence-corrected chi connectivity index (χ1v) is 5.95. The molecule has 0 atom stereocenters. The van der Waals surface area contributed by atoms with E-state index in [9.17, 15) is 0 Å². The molecule has 2 nitrogen and oxygen atoms in total. The molecule has 1 aromatic heterocycles. The van der Waals surface area contributed by atoms with E-state index in [1.54, 1.807) is 18.0 Å². The largest absolute Gasteiger partial charge is 0.468 e. The number of rotatable bonds is 4. The minimum absolute atomic E-state index is 0.865. The van der Waals surface area contributed by atoms with Crippen LogP contribution in [0.25, 0.3) is 0 Å². The maximum Gasteiger partial charge on any atom is 0.113 e. The van der Waals surface area contributed by atoms with Crippen LogP contribution in [0.3, 0.4) is 0 Å². The Labute approximate surface area is 93.5 Å². The van der Waals surface area contributed by atoms with Crippen LogP contribution in [-0.2, 0) is 11.5 Å². The average Bonchev–Trinajstić information content (AvgIpc) is 2.74. The van der Waals surface area contributed by atoms with Gasteiger partial charge in [0.2, 0.25) is 0 Å². The molecule has 1 heterocycles. The van der Waals surface area contributed by atoms with Gasteiger partial charge in [0.05, 0.1) is 12.0 Å². The smallest absolute Gasteiger partial charge is 0.113 e. The lowest BCUT2D eigenvalue weighted by Crippen LogP contribution is -1.91. The predicted octanol–water partition coefficient (Wildman–Crippen LogP) is 3.30. The number of para-hydroxylation sites is 1. The van der Waals surface area contributed by atoms with Crippen molar-refractivity contribution in [3.63, 3.8) is 0 Å². The highest BCUT2D eigenvalue weighted by molar-refractivity contribution is 7.97. The summed E-state index contributed by atoms with van der Waals surface area (Å²) in [6.07, 6.45) is 1.70. The summed E-state index contributed by atoms with van der Waals surface area (Å²) in [6, 6.07) is 11.9. The molecule has 2 rings (SSSR count). The van der Waals surface area contributed by atoms with Crippen molar-refractivity contribution < 1.29 is 4.42 Å². The van der Waals surface area contributed by atoms with Crippen LogP contribution in [0.4, 0.5) is 5.69 Å². The first-order chi connectivity index (χ1) is 7.36. The minimum atomic E-state index is 0.865. The highest BCUT2D eigenvalue weighted by Crippen LogP contribution is 2.21. The SMILES string of the molecule is Nc1ccccc1CSCc1ccco1. The van der Waals surface area contributed by atoms with E-state index in [0.717, 1.165) is 23.0 Å². The molecule has 2 aromatic rings. The molecular weight excluding hydrogens is 206 g/mol. The number of thioether (sulfide) groups is 1. The number of anilines is 1. The Bertz CT molecular complexity index is 411. The van der Waals surface area contributed by atoms with Gasteiger partial charge in [0.25, 0.3) is 0 Å². The van der Waals surface area contributed by atoms with E-state index in [4.69, 9.17) is 10.2 Å². The fourth-order valence-electron chi connectivity index (χ4n) is 1.32. The van der Waals surface area contributed by atoms with Crippen LogP contribution >= 0.6 is 11.8 Å². The van der Waals surface area contributed by atoms with E-state index in [2.05, 4.69) is 6.07 Å². The summed E-state index contributed by atoms with van der Waals surface area (Å²) in [5, 5.41) is 0. The zero-order valence-electron chi connectivity index (χ0n) is 8.35. The number of hydrogen-bond acceptors (Lipinski definition) is 3. The van der Waals surface area contributed by atoms with Crippen molar-refractivity contribution in [1.82, 2.24) is 0 Å². The molecule has 0 bridgehead atoms. The van der Waals surface area contributed by atoms with Crippen LogP contribution in [0.1, 0.15) is 11.3 Å². The highest BCUT2D eigenvalue weighted by atomic mass is 32.2. The summed E-state index contributed by atoms with van der Waals surface area (Å²) < 4.78 is 5.25.